The molecular weight excluding hydrogens is 220 g/mol. The van der Waals surface area contributed by atoms with Crippen LogP contribution in [0.1, 0.15) is 40.5 Å². The lowest BCUT2D eigenvalue weighted by Gasteiger charge is -2.37. The number of hydrogen-bond acceptors (Lipinski definition) is 4. The van der Waals surface area contributed by atoms with E-state index in [9.17, 15) is 5.11 Å². The van der Waals surface area contributed by atoms with Crippen LogP contribution in [0, 0.1) is 0 Å². The van der Waals surface area contributed by atoms with E-state index in [0.29, 0.717) is 19.8 Å². The molecule has 4 heteroatoms. The van der Waals surface area contributed by atoms with Gasteiger partial charge in [-0.1, -0.05) is 0 Å². The van der Waals surface area contributed by atoms with Crippen molar-refractivity contribution in [3.63, 3.8) is 0 Å². The Balaban J connectivity index is 2.07. The van der Waals surface area contributed by atoms with E-state index in [-0.39, 0.29) is 6.10 Å². The summed E-state index contributed by atoms with van der Waals surface area (Å²) in [6.45, 7) is 9.80. The minimum absolute atomic E-state index is 0.261. The minimum Gasteiger partial charge on any atom is -0.387 e. The maximum absolute atomic E-state index is 9.89. The van der Waals surface area contributed by atoms with Crippen molar-refractivity contribution in [1.29, 1.82) is 0 Å². The van der Waals surface area contributed by atoms with Crippen molar-refractivity contribution in [2.75, 3.05) is 26.4 Å². The molecule has 1 saturated heterocycles. The largest absolute Gasteiger partial charge is 0.387 e. The van der Waals surface area contributed by atoms with Gasteiger partial charge < -0.3 is 19.3 Å². The van der Waals surface area contributed by atoms with Crippen molar-refractivity contribution < 1.29 is 19.3 Å². The molecule has 4 nitrogen and oxygen atoms in total. The Morgan fingerprint density at radius 2 is 1.94 bits per heavy atom. The summed E-state index contributed by atoms with van der Waals surface area (Å²) in [5.74, 6) is 0. The molecule has 1 rings (SSSR count). The zero-order valence-electron chi connectivity index (χ0n) is 11.5. The van der Waals surface area contributed by atoms with Crippen molar-refractivity contribution in [2.45, 2.75) is 57.8 Å². The molecule has 0 spiro atoms. The zero-order chi connectivity index (χ0) is 12.9. The van der Waals surface area contributed by atoms with Crippen molar-refractivity contribution in [3.8, 4) is 0 Å². The first-order chi connectivity index (χ1) is 7.83. The lowest BCUT2D eigenvalue weighted by Crippen LogP contribution is -2.47. The number of rotatable bonds is 7. The van der Waals surface area contributed by atoms with Gasteiger partial charge in [-0.05, 0) is 40.5 Å². The van der Waals surface area contributed by atoms with Gasteiger partial charge in [0.25, 0.3) is 0 Å². The highest BCUT2D eigenvalue weighted by Crippen LogP contribution is 2.24. The normalized spacial score (nSPS) is 22.1. The van der Waals surface area contributed by atoms with E-state index in [4.69, 9.17) is 14.2 Å². The summed E-state index contributed by atoms with van der Waals surface area (Å²) in [5.41, 5.74) is -1.43. The molecule has 1 aliphatic heterocycles. The van der Waals surface area contributed by atoms with Gasteiger partial charge >= 0.3 is 0 Å². The molecule has 0 bridgehead atoms. The highest BCUT2D eigenvalue weighted by molar-refractivity contribution is 4.87. The molecule has 0 aromatic heterocycles. The Labute approximate surface area is 104 Å². The Bertz CT molecular complexity index is 214. The molecule has 0 aromatic carbocycles. The van der Waals surface area contributed by atoms with Gasteiger partial charge in [0.05, 0.1) is 37.1 Å². The van der Waals surface area contributed by atoms with E-state index in [1.165, 1.54) is 0 Å². The minimum atomic E-state index is -0.860. The number of hydrogen-bond donors (Lipinski definition) is 1. The van der Waals surface area contributed by atoms with E-state index in [0.717, 1.165) is 19.4 Å². The van der Waals surface area contributed by atoms with Gasteiger partial charge in [0.2, 0.25) is 0 Å². The third-order valence-corrected chi connectivity index (χ3v) is 3.49. The maximum atomic E-state index is 9.89. The fourth-order valence-electron chi connectivity index (χ4n) is 1.52. The molecule has 1 N–H and O–H groups in total. The monoisotopic (exact) mass is 246 g/mol. The average molecular weight is 246 g/mol. The van der Waals surface area contributed by atoms with Crippen LogP contribution in [0.3, 0.4) is 0 Å². The summed E-state index contributed by atoms with van der Waals surface area (Å²) >= 11 is 0. The van der Waals surface area contributed by atoms with Gasteiger partial charge in [0, 0.05) is 6.61 Å². The average Bonchev–Trinajstić information content (AvgIpc) is 2.68. The van der Waals surface area contributed by atoms with E-state index in [2.05, 4.69) is 0 Å². The lowest BCUT2D eigenvalue weighted by atomic mass is 9.89. The van der Waals surface area contributed by atoms with Crippen LogP contribution in [0.4, 0.5) is 0 Å². The fraction of sp³-hybridized carbons (Fsp3) is 1.00. The quantitative estimate of drug-likeness (QED) is 0.695. The summed E-state index contributed by atoms with van der Waals surface area (Å²) in [5, 5.41) is 9.89. The third kappa shape index (κ3) is 4.92. The van der Waals surface area contributed by atoms with Crippen LogP contribution in [-0.2, 0) is 14.2 Å². The Hall–Kier alpha value is -0.160. The highest BCUT2D eigenvalue weighted by Gasteiger charge is 2.35. The van der Waals surface area contributed by atoms with Crippen LogP contribution in [0.25, 0.3) is 0 Å². The van der Waals surface area contributed by atoms with Crippen LogP contribution in [0.2, 0.25) is 0 Å². The number of ether oxygens (including phenoxy) is 3. The first-order valence-electron chi connectivity index (χ1n) is 6.38. The predicted octanol–water partition coefficient (Wildman–Crippen LogP) is 1.75. The highest BCUT2D eigenvalue weighted by atomic mass is 16.6. The van der Waals surface area contributed by atoms with E-state index in [1.54, 1.807) is 13.8 Å². The molecule has 0 aromatic rings. The third-order valence-electron chi connectivity index (χ3n) is 3.49. The number of aliphatic hydroxyl groups is 1. The van der Waals surface area contributed by atoms with E-state index in [1.807, 2.05) is 13.8 Å². The van der Waals surface area contributed by atoms with Gasteiger partial charge in [0.1, 0.15) is 0 Å². The first-order valence-corrected chi connectivity index (χ1v) is 6.38. The molecule has 1 unspecified atom stereocenters. The summed E-state index contributed by atoms with van der Waals surface area (Å²) in [6, 6.07) is 0. The molecular formula is C13H26O4. The van der Waals surface area contributed by atoms with Gasteiger partial charge in [-0.15, -0.1) is 0 Å². The summed E-state index contributed by atoms with van der Waals surface area (Å²) < 4.78 is 16.6. The maximum Gasteiger partial charge on any atom is 0.0907 e. The molecule has 0 saturated carbocycles. The Kier molecular flexibility index (Phi) is 5.38. The Morgan fingerprint density at radius 1 is 1.24 bits per heavy atom. The smallest absolute Gasteiger partial charge is 0.0907 e. The molecule has 1 fully saturated rings. The molecule has 0 radical (unpaired) electrons. The molecule has 17 heavy (non-hydrogen) atoms. The van der Waals surface area contributed by atoms with Crippen LogP contribution in [0.5, 0.6) is 0 Å². The molecule has 1 atom stereocenters. The van der Waals surface area contributed by atoms with Gasteiger partial charge in [0.15, 0.2) is 0 Å². The van der Waals surface area contributed by atoms with Crippen molar-refractivity contribution in [3.05, 3.63) is 0 Å². The molecule has 0 aliphatic carbocycles. The van der Waals surface area contributed by atoms with Gasteiger partial charge in [-0.3, -0.25) is 0 Å². The van der Waals surface area contributed by atoms with Gasteiger partial charge in [-0.25, -0.2) is 0 Å². The molecule has 0 amide bonds. The van der Waals surface area contributed by atoms with Crippen LogP contribution < -0.4 is 0 Å². The van der Waals surface area contributed by atoms with Crippen LogP contribution in [-0.4, -0.2) is 48.8 Å². The topological polar surface area (TPSA) is 47.9 Å². The first kappa shape index (κ1) is 14.9. The predicted molar refractivity (Wildman–Crippen MR) is 66.1 cm³/mol. The van der Waals surface area contributed by atoms with E-state index < -0.39 is 11.2 Å². The van der Waals surface area contributed by atoms with Crippen LogP contribution >= 0.6 is 0 Å². The SMILES string of the molecule is CC(C)(O)C(C)(C)OCCOCC1CCCO1. The molecule has 1 aliphatic rings. The van der Waals surface area contributed by atoms with Gasteiger partial charge in [-0.2, -0.15) is 0 Å². The fourth-order valence-corrected chi connectivity index (χ4v) is 1.52. The second-order valence-corrected chi connectivity index (χ2v) is 5.63. The molecule has 102 valence electrons. The summed E-state index contributed by atoms with van der Waals surface area (Å²) in [4.78, 5) is 0. The Morgan fingerprint density at radius 3 is 2.47 bits per heavy atom. The molecule has 1 heterocycles. The lowest BCUT2D eigenvalue weighted by molar-refractivity contribution is -0.156. The summed E-state index contributed by atoms with van der Waals surface area (Å²) in [6.07, 6.45) is 2.49. The van der Waals surface area contributed by atoms with E-state index >= 15 is 0 Å². The second-order valence-electron chi connectivity index (χ2n) is 5.63. The van der Waals surface area contributed by atoms with Crippen molar-refractivity contribution in [1.82, 2.24) is 0 Å². The van der Waals surface area contributed by atoms with Crippen molar-refractivity contribution in [2.24, 2.45) is 0 Å². The second kappa shape index (κ2) is 6.14. The van der Waals surface area contributed by atoms with Crippen LogP contribution in [0.15, 0.2) is 0 Å². The van der Waals surface area contributed by atoms with Crippen molar-refractivity contribution >= 4 is 0 Å². The zero-order valence-corrected chi connectivity index (χ0v) is 11.5. The standard InChI is InChI=1S/C13H26O4/c1-12(2,14)13(3,4)17-9-8-15-10-11-6-5-7-16-11/h11,14H,5-10H2,1-4H3. The summed E-state index contributed by atoms with van der Waals surface area (Å²) in [7, 11) is 0.